The second kappa shape index (κ2) is 10.2. The SMILES string of the molecule is CNC(C(=O)N[C@H](C(=O)N(C)[C@H](/C=C(\C)C(=O)O)C(C)C)C(C)(C)C)C(C)(C)C. The van der Waals surface area contributed by atoms with E-state index in [0.717, 1.165) is 0 Å². The number of nitrogens with one attached hydrogen (secondary N) is 2. The summed E-state index contributed by atoms with van der Waals surface area (Å²) in [4.78, 5) is 39.1. The fourth-order valence-electron chi connectivity index (χ4n) is 3.26. The monoisotopic (exact) mass is 411 g/mol. The van der Waals surface area contributed by atoms with Crippen LogP contribution >= 0.6 is 0 Å². The van der Waals surface area contributed by atoms with Crippen molar-refractivity contribution in [1.29, 1.82) is 0 Å². The number of carboxylic acids is 1. The molecule has 7 heteroatoms. The lowest BCUT2D eigenvalue weighted by atomic mass is 9.83. The summed E-state index contributed by atoms with van der Waals surface area (Å²) < 4.78 is 0. The van der Waals surface area contributed by atoms with Gasteiger partial charge in [0.25, 0.3) is 0 Å². The molecule has 2 amide bonds. The molecule has 0 fully saturated rings. The number of hydrogen-bond donors (Lipinski definition) is 3. The van der Waals surface area contributed by atoms with Crippen LogP contribution < -0.4 is 10.6 Å². The molecule has 7 nitrogen and oxygen atoms in total. The molecule has 0 saturated carbocycles. The van der Waals surface area contributed by atoms with E-state index in [0.29, 0.717) is 0 Å². The molecule has 0 aromatic rings. The van der Waals surface area contributed by atoms with Crippen molar-refractivity contribution in [2.75, 3.05) is 14.1 Å². The van der Waals surface area contributed by atoms with Crippen LogP contribution in [0, 0.1) is 16.7 Å². The predicted molar refractivity (Wildman–Crippen MR) is 116 cm³/mol. The standard InChI is InChI=1S/C22H41N3O4/c1-13(2)15(12-14(3)20(28)29)25(11)19(27)17(22(7,8)9)24-18(26)16(23-10)21(4,5)6/h12-13,15-17,23H,1-11H3,(H,24,26)(H,28,29)/b14-12+/t15-,16?,17-/m1/s1. The third kappa shape index (κ3) is 7.80. The third-order valence-corrected chi connectivity index (χ3v) is 5.05. The van der Waals surface area contributed by atoms with Gasteiger partial charge in [0.05, 0.1) is 12.1 Å². The van der Waals surface area contributed by atoms with E-state index in [1.165, 1.54) is 6.92 Å². The number of rotatable bonds is 8. The van der Waals surface area contributed by atoms with E-state index in [2.05, 4.69) is 10.6 Å². The van der Waals surface area contributed by atoms with Gasteiger partial charge in [-0.3, -0.25) is 9.59 Å². The molecular weight excluding hydrogens is 370 g/mol. The molecule has 0 bridgehead atoms. The first-order valence-electron chi connectivity index (χ1n) is 10.1. The first-order chi connectivity index (χ1) is 12.9. The van der Waals surface area contributed by atoms with Crippen LogP contribution in [0.2, 0.25) is 0 Å². The van der Waals surface area contributed by atoms with Gasteiger partial charge in [-0.05, 0) is 30.7 Å². The van der Waals surface area contributed by atoms with Gasteiger partial charge >= 0.3 is 5.97 Å². The molecule has 29 heavy (non-hydrogen) atoms. The Morgan fingerprint density at radius 3 is 1.72 bits per heavy atom. The molecule has 0 aromatic carbocycles. The number of carbonyl (C=O) groups excluding carboxylic acids is 2. The average Bonchev–Trinajstić information content (AvgIpc) is 2.53. The van der Waals surface area contributed by atoms with Gasteiger partial charge in [-0.25, -0.2) is 4.79 Å². The van der Waals surface area contributed by atoms with Crippen LogP contribution in [0.4, 0.5) is 0 Å². The van der Waals surface area contributed by atoms with E-state index in [1.807, 2.05) is 55.4 Å². The van der Waals surface area contributed by atoms with E-state index < -0.39 is 29.5 Å². The smallest absolute Gasteiger partial charge is 0.331 e. The number of likely N-dealkylation sites (N-methyl/N-ethyl adjacent to an activating group) is 2. The molecule has 3 N–H and O–H groups in total. The minimum absolute atomic E-state index is 0.00852. The summed E-state index contributed by atoms with van der Waals surface area (Å²) in [7, 11) is 3.38. The second-order valence-corrected chi connectivity index (χ2v) is 10.2. The van der Waals surface area contributed by atoms with Gasteiger partial charge in [0.15, 0.2) is 0 Å². The highest BCUT2D eigenvalue weighted by molar-refractivity contribution is 5.91. The summed E-state index contributed by atoms with van der Waals surface area (Å²) in [5, 5.41) is 15.2. The van der Waals surface area contributed by atoms with Crippen LogP contribution in [0.5, 0.6) is 0 Å². The number of amides is 2. The highest BCUT2D eigenvalue weighted by Crippen LogP contribution is 2.25. The molecule has 1 unspecified atom stereocenters. The molecule has 0 spiro atoms. The third-order valence-electron chi connectivity index (χ3n) is 5.05. The molecule has 0 aliphatic rings. The summed E-state index contributed by atoms with van der Waals surface area (Å²) in [6.45, 7) is 17.0. The zero-order valence-electron chi connectivity index (χ0n) is 20.0. The molecule has 0 rings (SSSR count). The second-order valence-electron chi connectivity index (χ2n) is 10.2. The van der Waals surface area contributed by atoms with Gasteiger partial charge < -0.3 is 20.6 Å². The summed E-state index contributed by atoms with van der Waals surface area (Å²) in [5.41, 5.74) is -0.662. The Bertz CT molecular complexity index is 627. The number of carboxylic acid groups (broad SMARTS) is 1. The minimum atomic E-state index is -1.01. The van der Waals surface area contributed by atoms with Crippen molar-refractivity contribution in [2.45, 2.75) is 80.4 Å². The fourth-order valence-corrected chi connectivity index (χ4v) is 3.26. The van der Waals surface area contributed by atoms with Gasteiger partial charge in [-0.1, -0.05) is 61.5 Å². The Kier molecular flexibility index (Phi) is 9.57. The number of carbonyl (C=O) groups is 3. The maximum Gasteiger partial charge on any atom is 0.331 e. The van der Waals surface area contributed by atoms with E-state index in [-0.39, 0.29) is 28.7 Å². The zero-order chi connectivity index (χ0) is 23.3. The molecule has 0 aromatic heterocycles. The molecule has 0 aliphatic heterocycles. The quantitative estimate of drug-likeness (QED) is 0.533. The van der Waals surface area contributed by atoms with Gasteiger partial charge in [-0.2, -0.15) is 0 Å². The van der Waals surface area contributed by atoms with Gasteiger partial charge in [0, 0.05) is 12.6 Å². The number of aliphatic carboxylic acids is 1. The Hall–Kier alpha value is -1.89. The Morgan fingerprint density at radius 2 is 1.41 bits per heavy atom. The highest BCUT2D eigenvalue weighted by atomic mass is 16.4. The van der Waals surface area contributed by atoms with Gasteiger partial charge in [0.1, 0.15) is 6.04 Å². The van der Waals surface area contributed by atoms with Crippen LogP contribution in [0.3, 0.4) is 0 Å². The molecule has 168 valence electrons. The Morgan fingerprint density at radius 1 is 0.966 bits per heavy atom. The van der Waals surface area contributed by atoms with E-state index >= 15 is 0 Å². The largest absolute Gasteiger partial charge is 0.478 e. The van der Waals surface area contributed by atoms with Crippen molar-refractivity contribution in [3.63, 3.8) is 0 Å². The van der Waals surface area contributed by atoms with Crippen molar-refractivity contribution in [1.82, 2.24) is 15.5 Å². The molecule has 0 heterocycles. The topological polar surface area (TPSA) is 98.7 Å². The van der Waals surface area contributed by atoms with Gasteiger partial charge in [-0.15, -0.1) is 0 Å². The van der Waals surface area contributed by atoms with Crippen LogP contribution in [0.25, 0.3) is 0 Å². The van der Waals surface area contributed by atoms with E-state index in [9.17, 15) is 19.5 Å². The van der Waals surface area contributed by atoms with Crippen molar-refractivity contribution in [3.05, 3.63) is 11.6 Å². The van der Waals surface area contributed by atoms with Crippen molar-refractivity contribution < 1.29 is 19.5 Å². The van der Waals surface area contributed by atoms with Crippen LogP contribution in [0.1, 0.15) is 62.3 Å². The van der Waals surface area contributed by atoms with Gasteiger partial charge in [0.2, 0.25) is 11.8 Å². The number of hydrogen-bond acceptors (Lipinski definition) is 4. The van der Waals surface area contributed by atoms with Crippen LogP contribution in [-0.2, 0) is 14.4 Å². The normalized spacial score (nSPS) is 16.2. The maximum atomic E-state index is 13.4. The summed E-state index contributed by atoms with van der Waals surface area (Å²) in [6.07, 6.45) is 1.60. The Balaban J connectivity index is 5.89. The molecule has 0 aliphatic carbocycles. The highest BCUT2D eigenvalue weighted by Gasteiger charge is 2.39. The van der Waals surface area contributed by atoms with E-state index in [4.69, 9.17) is 0 Å². The zero-order valence-corrected chi connectivity index (χ0v) is 20.0. The predicted octanol–water partition coefficient (Wildman–Crippen LogP) is 2.67. The van der Waals surface area contributed by atoms with Crippen molar-refractivity contribution in [3.8, 4) is 0 Å². The van der Waals surface area contributed by atoms with Crippen LogP contribution in [0.15, 0.2) is 11.6 Å². The Labute approximate surface area is 176 Å². The molecular formula is C22H41N3O4. The first kappa shape index (κ1) is 27.1. The summed E-state index contributed by atoms with van der Waals surface area (Å²) in [6, 6.07) is -1.61. The van der Waals surface area contributed by atoms with E-state index in [1.54, 1.807) is 25.1 Å². The first-order valence-corrected chi connectivity index (χ1v) is 10.1. The number of nitrogens with zero attached hydrogens (tertiary/aromatic N) is 1. The summed E-state index contributed by atoms with van der Waals surface area (Å²) in [5.74, 6) is -1.49. The summed E-state index contributed by atoms with van der Waals surface area (Å²) >= 11 is 0. The van der Waals surface area contributed by atoms with Crippen LogP contribution in [-0.4, -0.2) is 60.0 Å². The lowest BCUT2D eigenvalue weighted by Gasteiger charge is -2.39. The molecule has 0 radical (unpaired) electrons. The average molecular weight is 412 g/mol. The lowest BCUT2D eigenvalue weighted by Crippen LogP contribution is -2.60. The molecule has 3 atom stereocenters. The fraction of sp³-hybridized carbons (Fsp3) is 0.773. The minimum Gasteiger partial charge on any atom is -0.478 e. The maximum absolute atomic E-state index is 13.4. The lowest BCUT2D eigenvalue weighted by molar-refractivity contribution is -0.141. The van der Waals surface area contributed by atoms with Crippen molar-refractivity contribution >= 4 is 17.8 Å². The van der Waals surface area contributed by atoms with Crippen molar-refractivity contribution in [2.24, 2.45) is 16.7 Å². The molecule has 0 saturated heterocycles.